The Kier molecular flexibility index (Phi) is 6.09. The predicted octanol–water partition coefficient (Wildman–Crippen LogP) is 3.92. The Bertz CT molecular complexity index is 1050. The number of rotatable bonds is 4. The molecular weight excluding hydrogens is 466 g/mol. The summed E-state index contributed by atoms with van der Waals surface area (Å²) in [4.78, 5) is 9.77. The highest BCUT2D eigenvalue weighted by molar-refractivity contribution is 7.92. The third kappa shape index (κ3) is 4.84. The zero-order chi connectivity index (χ0) is 23.0. The van der Waals surface area contributed by atoms with Crippen LogP contribution in [0.5, 0.6) is 0 Å². The molecule has 7 nitrogen and oxygen atoms in total. The molecular formula is C15H10F6N2O5S2. The van der Waals surface area contributed by atoms with E-state index in [0.29, 0.717) is 24.3 Å². The molecule has 0 fully saturated rings. The molecule has 164 valence electrons. The van der Waals surface area contributed by atoms with Gasteiger partial charge in [0.05, 0.1) is 9.79 Å². The Balaban J connectivity index is 2.08. The van der Waals surface area contributed by atoms with E-state index in [9.17, 15) is 48.0 Å². The van der Waals surface area contributed by atoms with E-state index < -0.39 is 46.5 Å². The first kappa shape index (κ1) is 23.5. The number of halogens is 6. The first-order chi connectivity index (χ1) is 13.6. The molecule has 0 bridgehead atoms. The van der Waals surface area contributed by atoms with Crippen LogP contribution in [0.15, 0.2) is 58.3 Å². The maximum atomic E-state index is 12.5. The molecule has 2 aromatic rings. The van der Waals surface area contributed by atoms with Crippen LogP contribution in [-0.2, 0) is 19.7 Å². The van der Waals surface area contributed by atoms with Crippen LogP contribution in [0.1, 0.15) is 0 Å². The Morgan fingerprint density at radius 3 is 1.10 bits per heavy atom. The maximum Gasteiger partial charge on any atom is 0.501 e. The van der Waals surface area contributed by atoms with Gasteiger partial charge >= 0.3 is 17.0 Å². The molecule has 30 heavy (non-hydrogen) atoms. The summed E-state index contributed by atoms with van der Waals surface area (Å²) >= 11 is 0. The average molecular weight is 476 g/mol. The number of anilines is 2. The van der Waals surface area contributed by atoms with Crippen LogP contribution in [0.4, 0.5) is 42.5 Å². The van der Waals surface area contributed by atoms with Gasteiger partial charge in [-0.3, -0.25) is 0 Å². The van der Waals surface area contributed by atoms with Crippen LogP contribution < -0.4 is 10.6 Å². The Hall–Kier alpha value is -2.81. The molecule has 0 atom stereocenters. The van der Waals surface area contributed by atoms with Crippen LogP contribution in [-0.4, -0.2) is 33.9 Å². The minimum Gasteiger partial charge on any atom is -0.308 e. The standard InChI is InChI=1S/C15H10F6N2O5S2/c16-14(17,18)29(25,26)11-5-1-9(2-6-11)22-13(24)23-10-3-7-12(8-4-10)30(27,28)15(19,20)21/h1-8H,(H2,22,23,24). The van der Waals surface area contributed by atoms with E-state index in [1.54, 1.807) is 0 Å². The van der Waals surface area contributed by atoms with Crippen LogP contribution in [0, 0.1) is 0 Å². The Morgan fingerprint density at radius 2 is 0.867 bits per heavy atom. The summed E-state index contributed by atoms with van der Waals surface area (Å²) in [5, 5.41) is 4.31. The van der Waals surface area contributed by atoms with Crippen molar-refractivity contribution < 1.29 is 48.0 Å². The number of benzene rings is 2. The summed E-state index contributed by atoms with van der Waals surface area (Å²) in [7, 11) is -11.1. The van der Waals surface area contributed by atoms with Gasteiger partial charge in [0.1, 0.15) is 0 Å². The van der Waals surface area contributed by atoms with Gasteiger partial charge < -0.3 is 10.6 Å². The van der Waals surface area contributed by atoms with Gasteiger partial charge in [-0.1, -0.05) is 0 Å². The third-order valence-corrected chi connectivity index (χ3v) is 6.46. The second kappa shape index (κ2) is 7.79. The summed E-state index contributed by atoms with van der Waals surface area (Å²) < 4.78 is 120. The van der Waals surface area contributed by atoms with E-state index in [1.807, 2.05) is 0 Å². The van der Waals surface area contributed by atoms with E-state index in [-0.39, 0.29) is 11.4 Å². The highest BCUT2D eigenvalue weighted by atomic mass is 32.2. The number of hydrogen-bond acceptors (Lipinski definition) is 5. The molecule has 2 aromatic carbocycles. The van der Waals surface area contributed by atoms with Crippen molar-refractivity contribution in [2.45, 2.75) is 20.8 Å². The topological polar surface area (TPSA) is 109 Å². The quantitative estimate of drug-likeness (QED) is 0.651. The number of sulfone groups is 2. The first-order valence-corrected chi connectivity index (χ1v) is 10.4. The number of carbonyl (C=O) groups is 1. The van der Waals surface area contributed by atoms with Crippen molar-refractivity contribution >= 4 is 37.1 Å². The minimum absolute atomic E-state index is 0.0927. The lowest BCUT2D eigenvalue weighted by atomic mass is 10.3. The van der Waals surface area contributed by atoms with Gasteiger partial charge in [0.25, 0.3) is 19.7 Å². The van der Waals surface area contributed by atoms with Crippen LogP contribution in [0.25, 0.3) is 0 Å². The maximum absolute atomic E-state index is 12.5. The zero-order valence-corrected chi connectivity index (χ0v) is 15.9. The zero-order valence-electron chi connectivity index (χ0n) is 14.2. The summed E-state index contributed by atoms with van der Waals surface area (Å²) in [5.41, 5.74) is -11.2. The largest absolute Gasteiger partial charge is 0.501 e. The highest BCUT2D eigenvalue weighted by Crippen LogP contribution is 2.31. The fourth-order valence-electron chi connectivity index (χ4n) is 2.00. The van der Waals surface area contributed by atoms with Gasteiger partial charge in [-0.05, 0) is 48.5 Å². The second-order valence-electron chi connectivity index (χ2n) is 5.53. The lowest BCUT2D eigenvalue weighted by Crippen LogP contribution is -2.23. The molecule has 15 heteroatoms. The smallest absolute Gasteiger partial charge is 0.308 e. The van der Waals surface area contributed by atoms with Crippen molar-refractivity contribution in [1.29, 1.82) is 0 Å². The molecule has 0 unspecified atom stereocenters. The SMILES string of the molecule is O=C(Nc1ccc(S(=O)(=O)C(F)(F)F)cc1)Nc1ccc(S(=O)(=O)C(F)(F)F)cc1. The lowest BCUT2D eigenvalue weighted by molar-refractivity contribution is -0.0442. The number of carbonyl (C=O) groups excluding carboxylic acids is 1. The molecule has 0 aliphatic heterocycles. The molecule has 0 aromatic heterocycles. The molecule has 0 spiro atoms. The molecule has 2 rings (SSSR count). The van der Waals surface area contributed by atoms with Gasteiger partial charge in [-0.2, -0.15) is 26.3 Å². The van der Waals surface area contributed by atoms with Crippen molar-refractivity contribution in [2.24, 2.45) is 0 Å². The fourth-order valence-corrected chi connectivity index (χ4v) is 3.52. The van der Waals surface area contributed by atoms with E-state index >= 15 is 0 Å². The lowest BCUT2D eigenvalue weighted by Gasteiger charge is -2.11. The van der Waals surface area contributed by atoms with Crippen molar-refractivity contribution in [3.63, 3.8) is 0 Å². The summed E-state index contributed by atoms with van der Waals surface area (Å²) in [6.07, 6.45) is 0. The first-order valence-electron chi connectivity index (χ1n) is 7.46. The summed E-state index contributed by atoms with van der Waals surface area (Å²) in [6, 6.07) is 5.05. The Morgan fingerprint density at radius 1 is 0.600 bits per heavy atom. The third-order valence-electron chi connectivity index (χ3n) is 3.45. The summed E-state index contributed by atoms with van der Waals surface area (Å²) in [6.45, 7) is 0. The van der Waals surface area contributed by atoms with E-state index in [1.165, 1.54) is 0 Å². The highest BCUT2D eigenvalue weighted by Gasteiger charge is 2.47. The molecule has 0 radical (unpaired) electrons. The van der Waals surface area contributed by atoms with Crippen molar-refractivity contribution in [2.75, 3.05) is 10.6 Å². The molecule has 2 amide bonds. The molecule has 2 N–H and O–H groups in total. The van der Waals surface area contributed by atoms with Gasteiger partial charge in [-0.15, -0.1) is 0 Å². The number of nitrogens with one attached hydrogen (secondary N) is 2. The van der Waals surface area contributed by atoms with Crippen LogP contribution in [0.2, 0.25) is 0 Å². The van der Waals surface area contributed by atoms with Gasteiger partial charge in [0, 0.05) is 11.4 Å². The van der Waals surface area contributed by atoms with Crippen LogP contribution >= 0.6 is 0 Å². The van der Waals surface area contributed by atoms with Gasteiger partial charge in [0.2, 0.25) is 0 Å². The van der Waals surface area contributed by atoms with Crippen molar-refractivity contribution in [1.82, 2.24) is 0 Å². The monoisotopic (exact) mass is 476 g/mol. The average Bonchev–Trinajstić information content (AvgIpc) is 2.60. The van der Waals surface area contributed by atoms with E-state index in [2.05, 4.69) is 10.6 Å². The summed E-state index contributed by atoms with van der Waals surface area (Å²) in [5.74, 6) is 0. The number of hydrogen-bond donors (Lipinski definition) is 2. The molecule has 0 saturated heterocycles. The molecule has 0 aliphatic rings. The van der Waals surface area contributed by atoms with Crippen LogP contribution in [0.3, 0.4) is 0 Å². The Labute approximate surface area is 165 Å². The predicted molar refractivity (Wildman–Crippen MR) is 92.0 cm³/mol. The minimum atomic E-state index is -5.55. The molecule has 0 heterocycles. The number of amides is 2. The van der Waals surface area contributed by atoms with Crippen molar-refractivity contribution in [3.05, 3.63) is 48.5 Å². The normalized spacial score (nSPS) is 13.0. The van der Waals surface area contributed by atoms with Crippen molar-refractivity contribution in [3.8, 4) is 0 Å². The number of urea groups is 1. The number of alkyl halides is 6. The van der Waals surface area contributed by atoms with E-state index in [4.69, 9.17) is 0 Å². The molecule has 0 aliphatic carbocycles. The molecule has 0 saturated carbocycles. The van der Waals surface area contributed by atoms with Gasteiger partial charge in [-0.25, -0.2) is 21.6 Å². The fraction of sp³-hybridized carbons (Fsp3) is 0.133. The second-order valence-corrected chi connectivity index (χ2v) is 9.41. The van der Waals surface area contributed by atoms with Gasteiger partial charge in [0.15, 0.2) is 0 Å². The van der Waals surface area contributed by atoms with E-state index in [0.717, 1.165) is 24.3 Å².